The summed E-state index contributed by atoms with van der Waals surface area (Å²) in [6.07, 6.45) is -3.83. The van der Waals surface area contributed by atoms with Gasteiger partial charge in [0.15, 0.2) is 0 Å². The van der Waals surface area contributed by atoms with Crippen molar-refractivity contribution in [3.05, 3.63) is 101 Å². The summed E-state index contributed by atoms with van der Waals surface area (Å²) < 4.78 is 66.5. The van der Waals surface area contributed by atoms with Crippen LogP contribution in [0.15, 0.2) is 78.9 Å². The molecule has 0 bridgehead atoms. The van der Waals surface area contributed by atoms with Crippen molar-refractivity contribution in [1.82, 2.24) is 10.2 Å². The summed E-state index contributed by atoms with van der Waals surface area (Å²) in [4.78, 5) is 28.8. The van der Waals surface area contributed by atoms with E-state index in [0.29, 0.717) is 27.5 Å². The second-order valence-corrected chi connectivity index (χ2v) is 12.6. The lowest BCUT2D eigenvalue weighted by Crippen LogP contribution is -2.53. The summed E-state index contributed by atoms with van der Waals surface area (Å²) in [6.45, 7) is 3.17. The highest BCUT2D eigenvalue weighted by atomic mass is 35.5. The molecular formula is C30H33ClF3N3O4S. The maximum Gasteiger partial charge on any atom is 0.416 e. The van der Waals surface area contributed by atoms with Gasteiger partial charge in [-0.05, 0) is 41.3 Å². The third-order valence-corrected chi connectivity index (χ3v) is 7.90. The van der Waals surface area contributed by atoms with Crippen molar-refractivity contribution in [1.29, 1.82) is 0 Å². The monoisotopic (exact) mass is 623 g/mol. The predicted octanol–water partition coefficient (Wildman–Crippen LogP) is 5.54. The van der Waals surface area contributed by atoms with Gasteiger partial charge in [-0.2, -0.15) is 13.2 Å². The quantitative estimate of drug-likeness (QED) is 0.287. The van der Waals surface area contributed by atoms with Crippen molar-refractivity contribution in [3.63, 3.8) is 0 Å². The second-order valence-electron chi connectivity index (χ2n) is 10.3. The van der Waals surface area contributed by atoms with E-state index >= 15 is 0 Å². The van der Waals surface area contributed by atoms with Gasteiger partial charge in [-0.15, -0.1) is 0 Å². The van der Waals surface area contributed by atoms with E-state index < -0.39 is 46.2 Å². The lowest BCUT2D eigenvalue weighted by atomic mass is 10.0. The van der Waals surface area contributed by atoms with Crippen LogP contribution >= 0.6 is 11.6 Å². The van der Waals surface area contributed by atoms with Crippen molar-refractivity contribution in [2.75, 3.05) is 23.7 Å². The van der Waals surface area contributed by atoms with Gasteiger partial charge < -0.3 is 10.2 Å². The Morgan fingerprint density at radius 3 is 2.19 bits per heavy atom. The van der Waals surface area contributed by atoms with Crippen molar-refractivity contribution >= 4 is 39.1 Å². The van der Waals surface area contributed by atoms with Gasteiger partial charge in [-0.25, -0.2) is 8.42 Å². The molecule has 0 aromatic heterocycles. The van der Waals surface area contributed by atoms with Crippen LogP contribution in [0.4, 0.5) is 18.9 Å². The summed E-state index contributed by atoms with van der Waals surface area (Å²) in [5, 5.41) is 3.18. The molecule has 0 aliphatic carbocycles. The van der Waals surface area contributed by atoms with E-state index in [4.69, 9.17) is 11.6 Å². The smallest absolute Gasteiger partial charge is 0.354 e. The summed E-state index contributed by atoms with van der Waals surface area (Å²) in [7, 11) is -4.22. The molecule has 3 aromatic carbocycles. The van der Waals surface area contributed by atoms with Crippen LogP contribution < -0.4 is 9.62 Å². The molecule has 3 rings (SSSR count). The minimum atomic E-state index is -4.73. The Labute approximate surface area is 249 Å². The molecule has 1 atom stereocenters. The van der Waals surface area contributed by atoms with Crippen LogP contribution in [-0.2, 0) is 38.8 Å². The van der Waals surface area contributed by atoms with Crippen LogP contribution in [0, 0.1) is 5.92 Å². The van der Waals surface area contributed by atoms with E-state index in [1.807, 2.05) is 19.9 Å². The largest absolute Gasteiger partial charge is 0.416 e. The molecule has 0 saturated carbocycles. The first kappa shape index (κ1) is 32.9. The number of amides is 2. The highest BCUT2D eigenvalue weighted by Gasteiger charge is 2.35. The molecule has 12 heteroatoms. The number of carbonyl (C=O) groups excluding carboxylic acids is 2. The number of benzene rings is 3. The van der Waals surface area contributed by atoms with E-state index in [0.717, 1.165) is 24.0 Å². The Morgan fingerprint density at radius 2 is 1.60 bits per heavy atom. The first-order chi connectivity index (χ1) is 19.7. The Balaban J connectivity index is 2.08. The van der Waals surface area contributed by atoms with E-state index in [1.165, 1.54) is 11.0 Å². The van der Waals surface area contributed by atoms with E-state index in [-0.39, 0.29) is 24.6 Å². The number of carbonyl (C=O) groups is 2. The van der Waals surface area contributed by atoms with Crippen molar-refractivity contribution in [2.24, 2.45) is 5.92 Å². The summed E-state index contributed by atoms with van der Waals surface area (Å²) in [5.74, 6) is -1.14. The van der Waals surface area contributed by atoms with Gasteiger partial charge in [0, 0.05) is 24.5 Å². The second kappa shape index (κ2) is 14.1. The summed E-state index contributed by atoms with van der Waals surface area (Å²) in [6, 6.07) is 18.3. The normalized spacial score (nSPS) is 12.6. The maximum atomic E-state index is 14.0. The fraction of sp³-hybridized carbons (Fsp3) is 0.333. The molecule has 226 valence electrons. The first-order valence-electron chi connectivity index (χ1n) is 13.2. The lowest BCUT2D eigenvalue weighted by molar-refractivity contribution is -0.140. The molecule has 1 N–H and O–H groups in total. The van der Waals surface area contributed by atoms with Crippen LogP contribution in [0.5, 0.6) is 0 Å². The minimum absolute atomic E-state index is 0.101. The molecule has 2 amide bonds. The highest BCUT2D eigenvalue weighted by Crippen LogP contribution is 2.32. The highest BCUT2D eigenvalue weighted by molar-refractivity contribution is 7.92. The zero-order valence-electron chi connectivity index (χ0n) is 23.4. The zero-order valence-corrected chi connectivity index (χ0v) is 25.0. The van der Waals surface area contributed by atoms with Crippen LogP contribution in [0.2, 0.25) is 5.02 Å². The van der Waals surface area contributed by atoms with Crippen molar-refractivity contribution in [3.8, 4) is 0 Å². The number of anilines is 1. The standard InChI is InChI=1S/C30H33ClF3N3O4S/c1-21(2)18-35-29(39)27(16-22-10-5-4-6-11-22)36(19-23-12-7-8-15-26(23)31)28(38)20-37(42(3,40)41)25-14-9-13-24(17-25)30(32,33)34/h4-15,17,21,27H,16,18-20H2,1-3H3,(H,35,39)/t27-/m1/s1. The van der Waals surface area contributed by atoms with Crippen molar-refractivity contribution < 1.29 is 31.2 Å². The average Bonchev–Trinajstić information content (AvgIpc) is 2.92. The minimum Gasteiger partial charge on any atom is -0.354 e. The third-order valence-electron chi connectivity index (χ3n) is 6.39. The van der Waals surface area contributed by atoms with Crippen LogP contribution in [0.1, 0.15) is 30.5 Å². The van der Waals surface area contributed by atoms with Crippen LogP contribution in [0.3, 0.4) is 0 Å². The molecule has 0 aliphatic rings. The Kier molecular flexibility index (Phi) is 11.0. The van der Waals surface area contributed by atoms with Gasteiger partial charge in [0.05, 0.1) is 17.5 Å². The lowest BCUT2D eigenvalue weighted by Gasteiger charge is -2.34. The number of sulfonamides is 1. The number of nitrogens with one attached hydrogen (secondary N) is 1. The maximum absolute atomic E-state index is 14.0. The number of halogens is 4. The molecule has 3 aromatic rings. The van der Waals surface area contributed by atoms with Gasteiger partial charge in [-0.3, -0.25) is 13.9 Å². The number of alkyl halides is 3. The molecule has 0 unspecified atom stereocenters. The van der Waals surface area contributed by atoms with E-state index in [9.17, 15) is 31.2 Å². The molecule has 0 saturated heterocycles. The van der Waals surface area contributed by atoms with Crippen molar-refractivity contribution in [2.45, 2.75) is 39.0 Å². The Morgan fingerprint density at radius 1 is 0.952 bits per heavy atom. The van der Waals surface area contributed by atoms with Crippen LogP contribution in [0.25, 0.3) is 0 Å². The van der Waals surface area contributed by atoms with E-state index in [1.54, 1.807) is 48.5 Å². The molecule has 0 spiro atoms. The predicted molar refractivity (Wildman–Crippen MR) is 157 cm³/mol. The Hall–Kier alpha value is -3.57. The topological polar surface area (TPSA) is 86.8 Å². The number of nitrogens with zero attached hydrogens (tertiary/aromatic N) is 2. The molecule has 7 nitrogen and oxygen atoms in total. The number of rotatable bonds is 12. The summed E-state index contributed by atoms with van der Waals surface area (Å²) in [5.41, 5.74) is -0.143. The Bertz CT molecular complexity index is 1480. The molecule has 42 heavy (non-hydrogen) atoms. The zero-order chi connectivity index (χ0) is 31.1. The molecule has 0 aliphatic heterocycles. The number of hydrogen-bond donors (Lipinski definition) is 1. The SMILES string of the molecule is CC(C)CNC(=O)[C@@H](Cc1ccccc1)N(Cc1ccccc1Cl)C(=O)CN(c1cccc(C(F)(F)F)c1)S(C)(=O)=O. The first-order valence-corrected chi connectivity index (χ1v) is 15.4. The fourth-order valence-corrected chi connectivity index (χ4v) is 5.27. The third kappa shape index (κ3) is 9.22. The van der Waals surface area contributed by atoms with Crippen LogP contribution in [-0.4, -0.2) is 50.5 Å². The van der Waals surface area contributed by atoms with E-state index in [2.05, 4.69) is 5.32 Å². The average molecular weight is 624 g/mol. The summed E-state index contributed by atoms with van der Waals surface area (Å²) >= 11 is 6.40. The van der Waals surface area contributed by atoms with Gasteiger partial charge in [0.2, 0.25) is 21.8 Å². The fourth-order valence-electron chi connectivity index (χ4n) is 4.24. The molecule has 0 radical (unpaired) electrons. The van der Waals surface area contributed by atoms with Gasteiger partial charge in [-0.1, -0.05) is 80.0 Å². The van der Waals surface area contributed by atoms with Gasteiger partial charge >= 0.3 is 6.18 Å². The molecule has 0 heterocycles. The van der Waals surface area contributed by atoms with Gasteiger partial charge in [0.25, 0.3) is 0 Å². The molecule has 0 fully saturated rings. The number of hydrogen-bond acceptors (Lipinski definition) is 4. The van der Waals surface area contributed by atoms with Gasteiger partial charge in [0.1, 0.15) is 12.6 Å². The molecular weight excluding hydrogens is 591 g/mol.